The highest BCUT2D eigenvalue weighted by Crippen LogP contribution is 2.76. The van der Waals surface area contributed by atoms with Crippen LogP contribution in [0.1, 0.15) is 199 Å². The summed E-state index contributed by atoms with van der Waals surface area (Å²) in [7, 11) is 2.26. The van der Waals surface area contributed by atoms with Crippen molar-refractivity contribution in [1.29, 1.82) is 0 Å². The summed E-state index contributed by atoms with van der Waals surface area (Å²) in [6.07, 6.45) is 20.9. The predicted octanol–water partition coefficient (Wildman–Crippen LogP) is 11.9. The lowest BCUT2D eigenvalue weighted by Crippen LogP contribution is -2.66. The molecule has 0 N–H and O–H groups in total. The van der Waals surface area contributed by atoms with E-state index in [0.717, 1.165) is 51.5 Å². The molecule has 9 fully saturated rings. The highest BCUT2D eigenvalue weighted by atomic mass is 17.0. The van der Waals surface area contributed by atoms with E-state index in [1.54, 1.807) is 0 Å². The molecule has 8 heteroatoms. The van der Waals surface area contributed by atoms with E-state index in [-0.39, 0.29) is 50.3 Å². The number of rotatable bonds is 8. The first kappa shape index (κ1) is 42.0. The van der Waals surface area contributed by atoms with E-state index in [2.05, 4.69) is 111 Å². The van der Waals surface area contributed by atoms with Crippen molar-refractivity contribution in [3.05, 3.63) is 0 Å². The van der Waals surface area contributed by atoms with Crippen LogP contribution in [-0.4, -0.2) is 63.0 Å². The number of fused-ring (bicyclic) bond motifs is 4. The summed E-state index contributed by atoms with van der Waals surface area (Å²) in [6.45, 7) is 30.6. The van der Waals surface area contributed by atoms with Crippen LogP contribution in [0.15, 0.2) is 0 Å². The van der Waals surface area contributed by atoms with Crippen LogP contribution < -0.4 is 0 Å². The Morgan fingerprint density at radius 2 is 0.772 bits per heavy atom. The molecule has 0 aromatic heterocycles. The van der Waals surface area contributed by atoms with E-state index in [1.165, 1.54) is 70.6 Å². The van der Waals surface area contributed by atoms with Crippen LogP contribution >= 0.6 is 0 Å². The molecule has 0 bridgehead atoms. The fourth-order valence-electron chi connectivity index (χ4n) is 15.7. The molecule has 0 amide bonds. The molecule has 57 heavy (non-hydrogen) atoms. The van der Waals surface area contributed by atoms with Gasteiger partial charge in [0.15, 0.2) is 6.23 Å². The third-order valence-electron chi connectivity index (χ3n) is 20.0. The fourth-order valence-corrected chi connectivity index (χ4v) is 15.7. The first-order chi connectivity index (χ1) is 26.7. The van der Waals surface area contributed by atoms with E-state index in [1.807, 2.05) is 0 Å². The average Bonchev–Trinajstić information content (AvgIpc) is 4.03. The van der Waals surface area contributed by atoms with Gasteiger partial charge in [-0.3, -0.25) is 14.5 Å². The van der Waals surface area contributed by atoms with Crippen LogP contribution in [0.3, 0.4) is 0 Å². The smallest absolute Gasteiger partial charge is 0.153 e. The number of hydrazine groups is 3. The van der Waals surface area contributed by atoms with Gasteiger partial charge in [0.2, 0.25) is 0 Å². The van der Waals surface area contributed by atoms with Gasteiger partial charge in [0, 0.05) is 35.1 Å². The Morgan fingerprint density at radius 3 is 1.26 bits per heavy atom. The highest BCUT2D eigenvalue weighted by molar-refractivity contribution is 5.25. The predicted molar refractivity (Wildman–Crippen MR) is 226 cm³/mol. The zero-order valence-electron chi connectivity index (χ0n) is 39.1. The molecule has 8 saturated carbocycles. The summed E-state index contributed by atoms with van der Waals surface area (Å²) >= 11 is 0. The van der Waals surface area contributed by atoms with E-state index >= 15 is 0 Å². The van der Waals surface area contributed by atoms with Crippen LogP contribution in [0.5, 0.6) is 0 Å². The number of ether oxygens (including phenoxy) is 1. The Morgan fingerprint density at radius 1 is 0.404 bits per heavy atom. The second-order valence-corrected chi connectivity index (χ2v) is 24.8. The van der Waals surface area contributed by atoms with Gasteiger partial charge in [0.1, 0.15) is 16.8 Å². The summed E-state index contributed by atoms with van der Waals surface area (Å²) in [5.74, 6) is 4.61. The number of nitrogens with zero attached hydrogens (tertiary/aromatic N) is 4. The molecule has 8 nitrogen and oxygen atoms in total. The van der Waals surface area contributed by atoms with E-state index in [4.69, 9.17) is 19.2 Å². The minimum Gasteiger partial charge on any atom is -0.352 e. The molecule has 1 saturated heterocycles. The van der Waals surface area contributed by atoms with Crippen LogP contribution in [0.25, 0.3) is 0 Å². The van der Waals surface area contributed by atoms with E-state index in [0.29, 0.717) is 47.3 Å². The molecule has 13 unspecified atom stereocenters. The van der Waals surface area contributed by atoms with Gasteiger partial charge >= 0.3 is 0 Å². The Labute approximate surface area is 348 Å². The van der Waals surface area contributed by atoms with Crippen molar-refractivity contribution in [3.8, 4) is 0 Å². The molecule has 0 aromatic rings. The molecule has 9 rings (SSSR count). The Hall–Kier alpha value is -0.320. The van der Waals surface area contributed by atoms with Gasteiger partial charge in [-0.15, -0.1) is 0 Å². The average molecular weight is 795 g/mol. The summed E-state index contributed by atoms with van der Waals surface area (Å²) < 4.78 is 7.98. The summed E-state index contributed by atoms with van der Waals surface area (Å²) in [5.41, 5.74) is -0.668. The maximum Gasteiger partial charge on any atom is 0.153 e. The van der Waals surface area contributed by atoms with Crippen LogP contribution in [0.4, 0.5) is 0 Å². The van der Waals surface area contributed by atoms with Crippen LogP contribution in [0.2, 0.25) is 0 Å². The third-order valence-corrected chi connectivity index (χ3v) is 20.0. The molecular weight excluding hydrogens is 709 g/mol. The maximum atomic E-state index is 8.06. The Balaban J connectivity index is 1.20. The zero-order chi connectivity index (χ0) is 40.8. The molecule has 13 atom stereocenters. The largest absolute Gasteiger partial charge is 0.352 e. The number of hydroxylamine groups is 1. The van der Waals surface area contributed by atoms with Crippen molar-refractivity contribution >= 4 is 0 Å². The van der Waals surface area contributed by atoms with E-state index in [9.17, 15) is 0 Å². The number of hydrogen-bond acceptors (Lipinski definition) is 8. The van der Waals surface area contributed by atoms with Gasteiger partial charge in [-0.25, -0.2) is 5.01 Å². The van der Waals surface area contributed by atoms with E-state index < -0.39 is 0 Å². The minimum absolute atomic E-state index is 0.0484. The monoisotopic (exact) mass is 795 g/mol. The molecule has 8 aliphatic carbocycles. The quantitative estimate of drug-likeness (QED) is 0.241. The Kier molecular flexibility index (Phi) is 10.2. The van der Waals surface area contributed by atoms with Gasteiger partial charge in [0.05, 0.1) is 5.60 Å². The van der Waals surface area contributed by atoms with Crippen molar-refractivity contribution in [2.75, 3.05) is 13.6 Å². The van der Waals surface area contributed by atoms with Gasteiger partial charge in [-0.05, 0) is 134 Å². The van der Waals surface area contributed by atoms with Crippen LogP contribution in [0, 0.1) is 69.0 Å². The normalized spacial score (nSPS) is 50.6. The van der Waals surface area contributed by atoms with Crippen molar-refractivity contribution in [1.82, 2.24) is 20.7 Å². The van der Waals surface area contributed by atoms with Crippen molar-refractivity contribution in [2.24, 2.45) is 69.0 Å². The van der Waals surface area contributed by atoms with Gasteiger partial charge in [-0.2, -0.15) is 0 Å². The minimum atomic E-state index is -0.304. The summed E-state index contributed by atoms with van der Waals surface area (Å²) in [5, 5.41) is 8.87. The topological polar surface area (TPSA) is 49.9 Å². The standard InChI is InChI=1S/C49H86N4O4/c1-33-20-24-37-42(5,6)46(37,29-33)54-41-19-17-15-14-16-18-28-50(13)52(56-48-31-35(3)22-26-39(48)44(48,9)10)53(57-49-32-36(4)23-27-40(49)45(49,11)12)51(41)55-47-30-34(2)21-25-38(47)43(47,7)8/h33-41H,14-32H2,1-13H3. The molecule has 0 spiro atoms. The summed E-state index contributed by atoms with van der Waals surface area (Å²) in [4.78, 5) is 24.0. The summed E-state index contributed by atoms with van der Waals surface area (Å²) in [6, 6.07) is 0. The number of hydrogen-bond donors (Lipinski definition) is 0. The second kappa shape index (κ2) is 13.8. The van der Waals surface area contributed by atoms with Crippen molar-refractivity contribution < 1.29 is 19.2 Å². The highest BCUT2D eigenvalue weighted by Gasteiger charge is 2.80. The molecule has 1 heterocycles. The molecule has 0 radical (unpaired) electrons. The lowest BCUT2D eigenvalue weighted by atomic mass is 9.88. The fraction of sp³-hybridized carbons (Fsp3) is 1.00. The lowest BCUT2D eigenvalue weighted by Gasteiger charge is -2.50. The zero-order valence-corrected chi connectivity index (χ0v) is 39.1. The Bertz CT molecular complexity index is 1520. The third kappa shape index (κ3) is 6.14. The molecule has 1 aliphatic heterocycles. The first-order valence-corrected chi connectivity index (χ1v) is 24.6. The van der Waals surface area contributed by atoms with Gasteiger partial charge < -0.3 is 4.74 Å². The van der Waals surface area contributed by atoms with Crippen LogP contribution in [-0.2, 0) is 19.2 Å². The van der Waals surface area contributed by atoms with Crippen molar-refractivity contribution in [2.45, 2.75) is 227 Å². The van der Waals surface area contributed by atoms with Gasteiger partial charge in [0.25, 0.3) is 0 Å². The van der Waals surface area contributed by atoms with Gasteiger partial charge in [-0.1, -0.05) is 128 Å². The van der Waals surface area contributed by atoms with Crippen molar-refractivity contribution in [3.63, 3.8) is 0 Å². The maximum absolute atomic E-state index is 8.06. The SMILES string of the molecule is CC1CCC2C(C)(C)C2(OC2CCCCCCCN(C)N(OC34CC(C)CCC3C4(C)C)N(OC34CC(C)CCC3C4(C)C)N2OC23CC(C)CCC2C3(C)C)C1. The molecular formula is C49H86N4O4. The lowest BCUT2D eigenvalue weighted by molar-refractivity contribution is -0.620. The second-order valence-electron chi connectivity index (χ2n) is 24.8. The molecule has 326 valence electrons. The first-order valence-electron chi connectivity index (χ1n) is 24.6. The molecule has 0 aromatic carbocycles. The molecule has 9 aliphatic rings.